The van der Waals surface area contributed by atoms with Crippen molar-refractivity contribution in [3.8, 4) is 6.07 Å². The molecule has 0 aromatic heterocycles. The normalized spacial score (nSPS) is 26.0. The summed E-state index contributed by atoms with van der Waals surface area (Å²) in [6.07, 6.45) is 5.54. The Labute approximate surface area is 71.3 Å². The van der Waals surface area contributed by atoms with Crippen molar-refractivity contribution >= 4 is 5.84 Å². The molecule has 0 fully saturated rings. The number of amidine groups is 1. The predicted octanol–water partition coefficient (Wildman–Crippen LogP) is 1.07. The van der Waals surface area contributed by atoms with Crippen LogP contribution in [0.25, 0.3) is 0 Å². The van der Waals surface area contributed by atoms with Crippen molar-refractivity contribution in [2.45, 2.75) is 13.0 Å². The highest BCUT2D eigenvalue weighted by molar-refractivity contribution is 5.96. The minimum atomic E-state index is 0.346. The molecule has 3 heteroatoms. The highest BCUT2D eigenvalue weighted by atomic mass is 15.2. The summed E-state index contributed by atoms with van der Waals surface area (Å²) in [5.41, 5.74) is 0.697. The van der Waals surface area contributed by atoms with Gasteiger partial charge in [-0.05, 0) is 19.1 Å². The van der Waals surface area contributed by atoms with Crippen molar-refractivity contribution in [1.82, 2.24) is 4.90 Å². The van der Waals surface area contributed by atoms with Crippen LogP contribution in [0.2, 0.25) is 0 Å². The first-order valence-electron chi connectivity index (χ1n) is 3.94. The largest absolute Gasteiger partial charge is 0.330 e. The summed E-state index contributed by atoms with van der Waals surface area (Å²) >= 11 is 0. The topological polar surface area (TPSA) is 39.4 Å². The van der Waals surface area contributed by atoms with Crippen LogP contribution >= 0.6 is 0 Å². The van der Waals surface area contributed by atoms with E-state index in [1.807, 2.05) is 17.2 Å². The van der Waals surface area contributed by atoms with E-state index in [1.165, 1.54) is 0 Å². The van der Waals surface area contributed by atoms with Crippen LogP contribution in [-0.2, 0) is 0 Å². The summed E-state index contributed by atoms with van der Waals surface area (Å²) in [7, 11) is 0. The molecule has 0 N–H and O–H groups in total. The van der Waals surface area contributed by atoms with Crippen molar-refractivity contribution in [3.63, 3.8) is 0 Å². The summed E-state index contributed by atoms with van der Waals surface area (Å²) in [5, 5.41) is 8.64. The molecule has 0 spiro atoms. The Kier molecular flexibility index (Phi) is 1.47. The molecule has 0 bridgehead atoms. The second-order valence-electron chi connectivity index (χ2n) is 3.02. The smallest absolute Gasteiger partial charge is 0.127 e. The number of hydrogen-bond acceptors (Lipinski definition) is 3. The monoisotopic (exact) mass is 159 g/mol. The van der Waals surface area contributed by atoms with Gasteiger partial charge in [-0.2, -0.15) is 5.26 Å². The molecule has 12 heavy (non-hydrogen) atoms. The lowest BCUT2D eigenvalue weighted by Gasteiger charge is -2.16. The Morgan fingerprint density at radius 1 is 1.67 bits per heavy atom. The predicted molar refractivity (Wildman–Crippen MR) is 46.4 cm³/mol. The maximum absolute atomic E-state index is 8.64. The van der Waals surface area contributed by atoms with E-state index >= 15 is 0 Å². The molecule has 1 unspecified atom stereocenters. The van der Waals surface area contributed by atoms with Gasteiger partial charge in [-0.3, -0.25) is 4.99 Å². The Morgan fingerprint density at radius 2 is 2.50 bits per heavy atom. The second-order valence-corrected chi connectivity index (χ2v) is 3.02. The van der Waals surface area contributed by atoms with E-state index in [1.54, 1.807) is 6.08 Å². The first-order chi connectivity index (χ1) is 5.79. The van der Waals surface area contributed by atoms with E-state index < -0.39 is 0 Å². The first kappa shape index (κ1) is 7.11. The lowest BCUT2D eigenvalue weighted by molar-refractivity contribution is 0.555. The molecule has 0 aromatic rings. The van der Waals surface area contributed by atoms with Crippen LogP contribution in [0, 0.1) is 11.3 Å². The van der Waals surface area contributed by atoms with Gasteiger partial charge in [0.25, 0.3) is 0 Å². The van der Waals surface area contributed by atoms with E-state index in [4.69, 9.17) is 5.26 Å². The molecule has 2 heterocycles. The van der Waals surface area contributed by atoms with Crippen LogP contribution in [-0.4, -0.2) is 23.3 Å². The van der Waals surface area contributed by atoms with Crippen LogP contribution < -0.4 is 0 Å². The van der Waals surface area contributed by atoms with E-state index in [-0.39, 0.29) is 0 Å². The van der Waals surface area contributed by atoms with Gasteiger partial charge >= 0.3 is 0 Å². The van der Waals surface area contributed by atoms with Crippen LogP contribution in [0.4, 0.5) is 0 Å². The number of rotatable bonds is 0. The molecule has 0 saturated carbocycles. The van der Waals surface area contributed by atoms with Crippen LogP contribution in [0.15, 0.2) is 28.9 Å². The molecule has 3 nitrogen and oxygen atoms in total. The lowest BCUT2D eigenvalue weighted by atomic mass is 10.2. The number of hydrogen-bond donors (Lipinski definition) is 0. The Hall–Kier alpha value is -1.56. The van der Waals surface area contributed by atoms with E-state index in [9.17, 15) is 0 Å². The van der Waals surface area contributed by atoms with Gasteiger partial charge in [-0.1, -0.05) is 0 Å². The highest BCUT2D eigenvalue weighted by Crippen LogP contribution is 2.16. The molecule has 2 rings (SSSR count). The van der Waals surface area contributed by atoms with E-state index in [0.717, 1.165) is 12.4 Å². The molecular weight excluding hydrogens is 150 g/mol. The minimum Gasteiger partial charge on any atom is -0.330 e. The molecule has 0 aromatic carbocycles. The van der Waals surface area contributed by atoms with Gasteiger partial charge in [-0.25, -0.2) is 0 Å². The average Bonchev–Trinajstić information content (AvgIpc) is 2.43. The van der Waals surface area contributed by atoms with Gasteiger partial charge in [0, 0.05) is 12.7 Å². The van der Waals surface area contributed by atoms with E-state index in [0.29, 0.717) is 11.6 Å². The Bertz CT molecular complexity index is 330. The van der Waals surface area contributed by atoms with Crippen molar-refractivity contribution < 1.29 is 0 Å². The number of aliphatic imine (C=N–C) groups is 1. The summed E-state index contributed by atoms with van der Waals surface area (Å²) in [5.74, 6) is 0.974. The summed E-state index contributed by atoms with van der Waals surface area (Å²) in [6.45, 7) is 2.96. The zero-order chi connectivity index (χ0) is 8.55. The molecule has 0 aliphatic carbocycles. The maximum atomic E-state index is 8.64. The summed E-state index contributed by atoms with van der Waals surface area (Å²) in [6, 6.07) is 2.46. The molecule has 0 saturated heterocycles. The van der Waals surface area contributed by atoms with Crippen LogP contribution in [0.3, 0.4) is 0 Å². The van der Waals surface area contributed by atoms with Crippen molar-refractivity contribution in [3.05, 3.63) is 23.9 Å². The van der Waals surface area contributed by atoms with Crippen LogP contribution in [0.1, 0.15) is 6.92 Å². The third-order valence-corrected chi connectivity index (χ3v) is 1.94. The van der Waals surface area contributed by atoms with Gasteiger partial charge in [0.1, 0.15) is 11.9 Å². The molecule has 1 atom stereocenters. The molecule has 2 aliphatic heterocycles. The first-order valence-corrected chi connectivity index (χ1v) is 3.94. The van der Waals surface area contributed by atoms with Gasteiger partial charge in [0.15, 0.2) is 0 Å². The quantitative estimate of drug-likeness (QED) is 0.530. The third kappa shape index (κ3) is 1.02. The standard InChI is InChI=1S/C9H9N3/c1-7-5-12-6-8(4-10)2-3-9(12)11-7/h2-3,6-7H,5H2,1H3. The van der Waals surface area contributed by atoms with Crippen molar-refractivity contribution in [2.24, 2.45) is 4.99 Å². The fourth-order valence-corrected chi connectivity index (χ4v) is 1.42. The summed E-state index contributed by atoms with van der Waals surface area (Å²) in [4.78, 5) is 6.40. The molecule has 0 radical (unpaired) electrons. The maximum Gasteiger partial charge on any atom is 0.127 e. The Balaban J connectivity index is 2.30. The van der Waals surface area contributed by atoms with Crippen molar-refractivity contribution in [2.75, 3.05) is 6.54 Å². The molecule has 0 amide bonds. The fourth-order valence-electron chi connectivity index (χ4n) is 1.42. The average molecular weight is 159 g/mol. The SMILES string of the molecule is CC1CN2C=C(C#N)C=CC2=N1. The zero-order valence-electron chi connectivity index (χ0n) is 6.86. The summed E-state index contributed by atoms with van der Waals surface area (Å²) < 4.78 is 0. The van der Waals surface area contributed by atoms with Gasteiger partial charge in [0.2, 0.25) is 0 Å². The number of fused-ring (bicyclic) bond motifs is 1. The van der Waals surface area contributed by atoms with Gasteiger partial charge in [0.05, 0.1) is 11.6 Å². The number of nitrogens with zero attached hydrogens (tertiary/aromatic N) is 3. The molecule has 2 aliphatic rings. The van der Waals surface area contributed by atoms with Crippen LogP contribution in [0.5, 0.6) is 0 Å². The third-order valence-electron chi connectivity index (χ3n) is 1.94. The highest BCUT2D eigenvalue weighted by Gasteiger charge is 2.20. The fraction of sp³-hybridized carbons (Fsp3) is 0.333. The number of nitriles is 1. The minimum absolute atomic E-state index is 0.346. The molecule has 60 valence electrons. The van der Waals surface area contributed by atoms with Gasteiger partial charge < -0.3 is 4.90 Å². The van der Waals surface area contributed by atoms with Crippen molar-refractivity contribution in [1.29, 1.82) is 5.26 Å². The second kappa shape index (κ2) is 2.49. The van der Waals surface area contributed by atoms with Gasteiger partial charge in [-0.15, -0.1) is 0 Å². The lowest BCUT2D eigenvalue weighted by Crippen LogP contribution is -2.23. The zero-order valence-corrected chi connectivity index (χ0v) is 6.86. The Morgan fingerprint density at radius 3 is 3.25 bits per heavy atom. The molecular formula is C9H9N3. The number of allylic oxidation sites excluding steroid dienone is 2. The van der Waals surface area contributed by atoms with E-state index in [2.05, 4.69) is 18.0 Å².